The van der Waals surface area contributed by atoms with Gasteiger partial charge in [0.1, 0.15) is 11.3 Å². The summed E-state index contributed by atoms with van der Waals surface area (Å²) in [4.78, 5) is 52.8. The molecule has 4 rings (SSSR count). The number of carbonyl (C=O) groups is 4. The van der Waals surface area contributed by atoms with Crippen LogP contribution in [0.5, 0.6) is 5.75 Å². The lowest BCUT2D eigenvalue weighted by Gasteiger charge is -2.29. The van der Waals surface area contributed by atoms with Crippen molar-refractivity contribution in [1.82, 2.24) is 20.4 Å². The molecular formula is C22H28N4O5. The van der Waals surface area contributed by atoms with Crippen molar-refractivity contribution >= 4 is 23.8 Å². The highest BCUT2D eigenvalue weighted by Crippen LogP contribution is 2.32. The molecule has 2 N–H and O–H groups in total. The van der Waals surface area contributed by atoms with Gasteiger partial charge in [0, 0.05) is 31.6 Å². The van der Waals surface area contributed by atoms with Crippen LogP contribution in [0.2, 0.25) is 0 Å². The quantitative estimate of drug-likeness (QED) is 0.698. The van der Waals surface area contributed by atoms with Crippen molar-refractivity contribution in [2.24, 2.45) is 0 Å². The molecule has 0 radical (unpaired) electrons. The van der Waals surface area contributed by atoms with Crippen LogP contribution in [-0.4, -0.2) is 71.4 Å². The third-order valence-corrected chi connectivity index (χ3v) is 6.51. The summed E-state index contributed by atoms with van der Waals surface area (Å²) >= 11 is 0. The molecule has 1 unspecified atom stereocenters. The average molecular weight is 428 g/mol. The molecule has 1 aromatic rings. The Bertz CT molecular complexity index is 959. The Morgan fingerprint density at radius 1 is 1.16 bits per heavy atom. The van der Waals surface area contributed by atoms with E-state index < -0.39 is 17.1 Å². The van der Waals surface area contributed by atoms with E-state index in [0.29, 0.717) is 30.8 Å². The number of urea groups is 1. The fraction of sp³-hybridized carbons (Fsp3) is 0.545. The highest BCUT2D eigenvalue weighted by Gasteiger charge is 2.45. The molecule has 5 amide bonds. The molecule has 1 spiro atoms. The zero-order chi connectivity index (χ0) is 22.4. The lowest BCUT2D eigenvalue weighted by molar-refractivity contribution is -0.132. The van der Waals surface area contributed by atoms with Crippen LogP contribution in [0.4, 0.5) is 4.79 Å². The first-order chi connectivity index (χ1) is 14.6. The van der Waals surface area contributed by atoms with Gasteiger partial charge in [-0.2, -0.15) is 0 Å². The van der Waals surface area contributed by atoms with Gasteiger partial charge >= 0.3 is 6.03 Å². The number of rotatable bonds is 4. The van der Waals surface area contributed by atoms with Crippen molar-refractivity contribution in [3.8, 4) is 5.75 Å². The minimum absolute atomic E-state index is 0.0496. The molecule has 2 fully saturated rings. The van der Waals surface area contributed by atoms with Gasteiger partial charge in [-0.05, 0) is 50.8 Å². The van der Waals surface area contributed by atoms with Crippen molar-refractivity contribution in [3.63, 3.8) is 0 Å². The van der Waals surface area contributed by atoms with Crippen molar-refractivity contribution in [2.45, 2.75) is 50.6 Å². The van der Waals surface area contributed by atoms with E-state index in [1.54, 1.807) is 31.9 Å². The van der Waals surface area contributed by atoms with Gasteiger partial charge in [0.25, 0.3) is 11.8 Å². The molecule has 0 aliphatic carbocycles. The normalized spacial score (nSPS) is 24.7. The smallest absolute Gasteiger partial charge is 0.325 e. The fourth-order valence-electron chi connectivity index (χ4n) is 4.63. The number of nitrogens with one attached hydrogen (secondary N) is 2. The second kappa shape index (κ2) is 7.55. The Balaban J connectivity index is 1.39. The van der Waals surface area contributed by atoms with E-state index in [9.17, 15) is 19.2 Å². The maximum atomic E-state index is 12.9. The van der Waals surface area contributed by atoms with Crippen LogP contribution in [0.3, 0.4) is 0 Å². The van der Waals surface area contributed by atoms with E-state index in [4.69, 9.17) is 4.74 Å². The van der Waals surface area contributed by atoms with Gasteiger partial charge < -0.3 is 20.3 Å². The summed E-state index contributed by atoms with van der Waals surface area (Å²) in [6.07, 6.45) is 2.21. The second-order valence-electron chi connectivity index (χ2n) is 9.08. The van der Waals surface area contributed by atoms with Crippen LogP contribution in [0.25, 0.3) is 0 Å². The predicted molar refractivity (Wildman–Crippen MR) is 112 cm³/mol. The highest BCUT2D eigenvalue weighted by atomic mass is 16.5. The molecule has 1 aromatic carbocycles. The molecule has 3 aliphatic rings. The van der Waals surface area contributed by atoms with Crippen molar-refractivity contribution in [2.75, 3.05) is 26.7 Å². The fourth-order valence-corrected chi connectivity index (χ4v) is 4.63. The van der Waals surface area contributed by atoms with Crippen LogP contribution in [-0.2, 0) is 16.0 Å². The Morgan fingerprint density at radius 3 is 2.61 bits per heavy atom. The summed E-state index contributed by atoms with van der Waals surface area (Å²) < 4.78 is 5.24. The average Bonchev–Trinajstić information content (AvgIpc) is 3.18. The summed E-state index contributed by atoms with van der Waals surface area (Å²) in [6.45, 7) is 4.29. The van der Waals surface area contributed by atoms with E-state index in [0.717, 1.165) is 23.3 Å². The number of imide groups is 1. The lowest BCUT2D eigenvalue weighted by atomic mass is 9.91. The van der Waals surface area contributed by atoms with Gasteiger partial charge in [-0.3, -0.25) is 19.3 Å². The zero-order valence-electron chi connectivity index (χ0n) is 18.1. The molecule has 0 aromatic heterocycles. The second-order valence-corrected chi connectivity index (χ2v) is 9.08. The third kappa shape index (κ3) is 3.84. The third-order valence-electron chi connectivity index (χ3n) is 6.51. The summed E-state index contributed by atoms with van der Waals surface area (Å²) in [5.74, 6) is 0.0336. The van der Waals surface area contributed by atoms with Gasteiger partial charge in [-0.1, -0.05) is 6.07 Å². The number of hydrogen-bond acceptors (Lipinski definition) is 5. The Hall–Kier alpha value is -3.10. The topological polar surface area (TPSA) is 108 Å². The van der Waals surface area contributed by atoms with Gasteiger partial charge in [-0.25, -0.2) is 4.79 Å². The predicted octanol–water partition coefficient (Wildman–Crippen LogP) is 1.06. The number of hydrogen-bond donors (Lipinski definition) is 2. The SMILES string of the molecule is COc1ccc2c(c1)C(=O)NC1(CC2)CCN(C(=O)CCN2C(=O)NC(C)(C)C2=O)C1. The van der Waals surface area contributed by atoms with E-state index >= 15 is 0 Å². The zero-order valence-corrected chi connectivity index (χ0v) is 18.1. The first-order valence-corrected chi connectivity index (χ1v) is 10.6. The molecule has 0 saturated carbocycles. The molecular weight excluding hydrogens is 400 g/mol. The van der Waals surface area contributed by atoms with Crippen LogP contribution >= 0.6 is 0 Å². The molecule has 9 nitrogen and oxygen atoms in total. The molecule has 166 valence electrons. The number of benzene rings is 1. The molecule has 0 bridgehead atoms. The van der Waals surface area contributed by atoms with Crippen LogP contribution < -0.4 is 15.4 Å². The Labute approximate surface area is 181 Å². The maximum absolute atomic E-state index is 12.9. The number of aryl methyl sites for hydroxylation is 1. The van der Waals surface area contributed by atoms with Gasteiger partial charge in [0.15, 0.2) is 0 Å². The van der Waals surface area contributed by atoms with Crippen LogP contribution in [0, 0.1) is 0 Å². The molecule has 9 heteroatoms. The molecule has 3 aliphatic heterocycles. The minimum atomic E-state index is -0.944. The largest absolute Gasteiger partial charge is 0.497 e. The summed E-state index contributed by atoms with van der Waals surface area (Å²) in [6, 6.07) is 5.06. The highest BCUT2D eigenvalue weighted by molar-refractivity contribution is 6.06. The van der Waals surface area contributed by atoms with E-state index in [-0.39, 0.29) is 30.7 Å². The van der Waals surface area contributed by atoms with E-state index in [1.165, 1.54) is 0 Å². The van der Waals surface area contributed by atoms with Crippen molar-refractivity contribution in [1.29, 1.82) is 0 Å². The monoisotopic (exact) mass is 428 g/mol. The number of likely N-dealkylation sites (tertiary alicyclic amines) is 1. The van der Waals surface area contributed by atoms with Crippen LogP contribution in [0.15, 0.2) is 18.2 Å². The number of amides is 5. The maximum Gasteiger partial charge on any atom is 0.325 e. The minimum Gasteiger partial charge on any atom is -0.497 e. The molecule has 1 atom stereocenters. The van der Waals surface area contributed by atoms with Crippen LogP contribution in [0.1, 0.15) is 49.0 Å². The number of ether oxygens (including phenoxy) is 1. The molecule has 2 saturated heterocycles. The Morgan fingerprint density at radius 2 is 1.94 bits per heavy atom. The summed E-state index contributed by atoms with van der Waals surface area (Å²) in [5, 5.41) is 5.77. The lowest BCUT2D eigenvalue weighted by Crippen LogP contribution is -2.50. The summed E-state index contributed by atoms with van der Waals surface area (Å²) in [5.41, 5.74) is 0.172. The number of methoxy groups -OCH3 is 1. The summed E-state index contributed by atoms with van der Waals surface area (Å²) in [7, 11) is 1.57. The van der Waals surface area contributed by atoms with E-state index in [2.05, 4.69) is 10.6 Å². The van der Waals surface area contributed by atoms with E-state index in [1.807, 2.05) is 12.1 Å². The van der Waals surface area contributed by atoms with Gasteiger partial charge in [-0.15, -0.1) is 0 Å². The van der Waals surface area contributed by atoms with Gasteiger partial charge in [0.2, 0.25) is 5.91 Å². The number of fused-ring (bicyclic) bond motifs is 1. The van der Waals surface area contributed by atoms with Gasteiger partial charge in [0.05, 0.1) is 12.6 Å². The standard InChI is InChI=1S/C22H28N4O5/c1-21(2)19(29)26(20(30)24-21)10-7-17(27)25-11-9-22(13-25)8-6-14-4-5-15(31-3)12-16(14)18(28)23-22/h4-5,12H,6-11,13H2,1-3H3,(H,23,28)(H,24,30). The number of carbonyl (C=O) groups excluding carboxylic acids is 4. The van der Waals surface area contributed by atoms with Crippen molar-refractivity contribution < 1.29 is 23.9 Å². The Kier molecular flexibility index (Phi) is 5.15. The molecule has 31 heavy (non-hydrogen) atoms. The first kappa shape index (κ1) is 21.1. The first-order valence-electron chi connectivity index (χ1n) is 10.6. The van der Waals surface area contributed by atoms with Crippen molar-refractivity contribution in [3.05, 3.63) is 29.3 Å². The molecule has 3 heterocycles. The number of nitrogens with zero attached hydrogens (tertiary/aromatic N) is 2.